The fraction of sp³-hybridized carbons (Fsp3) is 0.111. The van der Waals surface area contributed by atoms with Crippen LogP contribution in [0.2, 0.25) is 0 Å². The van der Waals surface area contributed by atoms with E-state index in [1.54, 1.807) is 36.4 Å². The van der Waals surface area contributed by atoms with Crippen LogP contribution in [-0.2, 0) is 19.2 Å². The number of amides is 8. The number of aromatic hydroxyl groups is 1. The van der Waals surface area contributed by atoms with Gasteiger partial charge in [0, 0.05) is 5.92 Å². The highest BCUT2D eigenvalue weighted by Crippen LogP contribution is 2.42. The molecule has 5 rings (SSSR count). The van der Waals surface area contributed by atoms with E-state index >= 15 is 0 Å². The van der Waals surface area contributed by atoms with E-state index in [0.29, 0.717) is 0 Å². The summed E-state index contributed by atoms with van der Waals surface area (Å²) >= 11 is 0. The van der Waals surface area contributed by atoms with Crippen molar-refractivity contribution < 1.29 is 33.9 Å². The van der Waals surface area contributed by atoms with E-state index in [1.165, 1.54) is 48.5 Å². The Morgan fingerprint density at radius 1 is 0.579 bits per heavy atom. The van der Waals surface area contributed by atoms with Gasteiger partial charge in [-0.15, -0.1) is 0 Å². The second-order valence-electron chi connectivity index (χ2n) is 8.65. The summed E-state index contributed by atoms with van der Waals surface area (Å²) in [5, 5.41) is 15.0. The Morgan fingerprint density at radius 2 is 0.974 bits per heavy atom. The minimum atomic E-state index is -1.79. The quantitative estimate of drug-likeness (QED) is 0.443. The number of benzene rings is 3. The molecule has 11 heteroatoms. The van der Waals surface area contributed by atoms with Gasteiger partial charge in [0.05, 0.1) is 11.4 Å². The van der Waals surface area contributed by atoms with Gasteiger partial charge in [-0.05, 0) is 35.9 Å². The first kappa shape index (κ1) is 24.4. The molecule has 0 bridgehead atoms. The highest BCUT2D eigenvalue weighted by Gasteiger charge is 2.55. The van der Waals surface area contributed by atoms with Crippen molar-refractivity contribution >= 4 is 47.1 Å². The number of carbonyl (C=O) groups is 6. The summed E-state index contributed by atoms with van der Waals surface area (Å²) < 4.78 is 0. The maximum Gasteiger partial charge on any atom is 0.335 e. The predicted molar refractivity (Wildman–Crippen MR) is 133 cm³/mol. The van der Waals surface area contributed by atoms with Crippen LogP contribution in [0.1, 0.15) is 11.5 Å². The SMILES string of the molecule is O=C1NC(=O)N(c2ccccc2)C(=O)[C@H]1C(c1ccccc1O)[C@H]1C(=O)NC(=O)N(c2ccccc2)C1=O. The van der Waals surface area contributed by atoms with Gasteiger partial charge in [-0.2, -0.15) is 0 Å². The van der Waals surface area contributed by atoms with Crippen molar-refractivity contribution in [1.82, 2.24) is 10.6 Å². The topological polar surface area (TPSA) is 153 Å². The molecule has 0 unspecified atom stereocenters. The van der Waals surface area contributed by atoms with Crippen molar-refractivity contribution in [2.24, 2.45) is 11.8 Å². The number of rotatable bonds is 5. The fourth-order valence-electron chi connectivity index (χ4n) is 4.78. The summed E-state index contributed by atoms with van der Waals surface area (Å²) in [6.07, 6.45) is 0. The van der Waals surface area contributed by atoms with Crippen molar-refractivity contribution in [3.8, 4) is 5.75 Å². The minimum absolute atomic E-state index is 0.0563. The fourth-order valence-corrected chi connectivity index (χ4v) is 4.78. The summed E-state index contributed by atoms with van der Waals surface area (Å²) in [5.74, 6) is -9.63. The van der Waals surface area contributed by atoms with E-state index in [0.717, 1.165) is 9.80 Å². The number of urea groups is 2. The average Bonchev–Trinajstić information content (AvgIpc) is 2.89. The van der Waals surface area contributed by atoms with Crippen LogP contribution in [0, 0.1) is 11.8 Å². The highest BCUT2D eigenvalue weighted by molar-refractivity contribution is 6.31. The number of nitrogens with zero attached hydrogens (tertiary/aromatic N) is 2. The lowest BCUT2D eigenvalue weighted by molar-refractivity contribution is -0.140. The molecule has 0 saturated carbocycles. The zero-order valence-electron chi connectivity index (χ0n) is 19.6. The van der Waals surface area contributed by atoms with Gasteiger partial charge in [-0.3, -0.25) is 29.8 Å². The predicted octanol–water partition coefficient (Wildman–Crippen LogP) is 2.27. The summed E-state index contributed by atoms with van der Waals surface area (Å²) in [5.41, 5.74) is 0.257. The molecular formula is C27H20N4O7. The third-order valence-electron chi connectivity index (χ3n) is 6.45. The second-order valence-corrected chi connectivity index (χ2v) is 8.65. The summed E-state index contributed by atoms with van der Waals surface area (Å²) in [4.78, 5) is 80.9. The molecule has 2 atom stereocenters. The zero-order valence-corrected chi connectivity index (χ0v) is 19.6. The van der Waals surface area contributed by atoms with Crippen molar-refractivity contribution in [3.63, 3.8) is 0 Å². The lowest BCUT2D eigenvalue weighted by Crippen LogP contribution is -2.64. The number of hydrogen-bond donors (Lipinski definition) is 3. The van der Waals surface area contributed by atoms with Gasteiger partial charge in [-0.1, -0.05) is 54.6 Å². The maximum absolute atomic E-state index is 13.8. The molecule has 2 heterocycles. The smallest absolute Gasteiger partial charge is 0.335 e. The lowest BCUT2D eigenvalue weighted by atomic mass is 9.73. The Kier molecular flexibility index (Phi) is 6.17. The van der Waals surface area contributed by atoms with E-state index in [9.17, 15) is 33.9 Å². The van der Waals surface area contributed by atoms with Crippen LogP contribution in [0.5, 0.6) is 5.75 Å². The molecule has 0 spiro atoms. The van der Waals surface area contributed by atoms with E-state index < -0.39 is 53.4 Å². The van der Waals surface area contributed by atoms with Crippen LogP contribution in [0.3, 0.4) is 0 Å². The van der Waals surface area contributed by atoms with Gasteiger partial charge >= 0.3 is 12.1 Å². The molecule has 2 aliphatic rings. The number of barbiturate groups is 2. The Balaban J connectivity index is 1.66. The van der Waals surface area contributed by atoms with E-state index in [-0.39, 0.29) is 22.7 Å². The van der Waals surface area contributed by atoms with Gasteiger partial charge in [0.1, 0.15) is 17.6 Å². The normalized spacial score (nSPS) is 20.0. The summed E-state index contributed by atoms with van der Waals surface area (Å²) in [7, 11) is 0. The lowest BCUT2D eigenvalue weighted by Gasteiger charge is -2.39. The van der Waals surface area contributed by atoms with Crippen molar-refractivity contribution in [1.29, 1.82) is 0 Å². The molecule has 3 aromatic rings. The molecule has 2 fully saturated rings. The minimum Gasteiger partial charge on any atom is -0.508 e. The number of carbonyl (C=O) groups excluding carboxylic acids is 6. The Hall–Kier alpha value is -5.32. The Labute approximate surface area is 215 Å². The van der Waals surface area contributed by atoms with Crippen molar-refractivity contribution in [2.75, 3.05) is 9.80 Å². The molecule has 2 aliphatic heterocycles. The number of hydrogen-bond acceptors (Lipinski definition) is 7. The number of phenols is 1. The maximum atomic E-state index is 13.8. The molecule has 11 nitrogen and oxygen atoms in total. The van der Waals surface area contributed by atoms with E-state index in [1.807, 2.05) is 0 Å². The molecule has 0 radical (unpaired) electrons. The molecule has 38 heavy (non-hydrogen) atoms. The zero-order chi connectivity index (χ0) is 27.0. The van der Waals surface area contributed by atoms with Gasteiger partial charge in [0.15, 0.2) is 0 Å². The van der Waals surface area contributed by atoms with Crippen LogP contribution in [0.25, 0.3) is 0 Å². The molecule has 0 aromatic heterocycles. The van der Waals surface area contributed by atoms with Crippen molar-refractivity contribution in [2.45, 2.75) is 5.92 Å². The van der Waals surface area contributed by atoms with Crippen LogP contribution < -0.4 is 20.4 Å². The monoisotopic (exact) mass is 512 g/mol. The van der Waals surface area contributed by atoms with Gasteiger partial charge in [0.25, 0.3) is 0 Å². The molecular weight excluding hydrogens is 492 g/mol. The number of anilines is 2. The summed E-state index contributed by atoms with van der Waals surface area (Å²) in [6.45, 7) is 0. The van der Waals surface area contributed by atoms with Crippen molar-refractivity contribution in [3.05, 3.63) is 90.5 Å². The Morgan fingerprint density at radius 3 is 1.39 bits per heavy atom. The molecule has 3 aromatic carbocycles. The molecule has 0 aliphatic carbocycles. The second kappa shape index (κ2) is 9.62. The van der Waals surface area contributed by atoms with E-state index in [2.05, 4.69) is 10.6 Å². The van der Waals surface area contributed by atoms with E-state index in [4.69, 9.17) is 0 Å². The first-order valence-corrected chi connectivity index (χ1v) is 11.5. The molecule has 190 valence electrons. The first-order chi connectivity index (χ1) is 18.3. The molecule has 2 saturated heterocycles. The highest BCUT2D eigenvalue weighted by atomic mass is 16.3. The number of para-hydroxylation sites is 3. The van der Waals surface area contributed by atoms with Crippen LogP contribution in [-0.4, -0.2) is 40.8 Å². The first-order valence-electron chi connectivity index (χ1n) is 11.5. The van der Waals surface area contributed by atoms with Crippen LogP contribution >= 0.6 is 0 Å². The van der Waals surface area contributed by atoms with Crippen LogP contribution in [0.15, 0.2) is 84.9 Å². The molecule has 3 N–H and O–H groups in total. The number of phenolic OH excluding ortho intramolecular Hbond substituents is 1. The molecule has 8 amide bonds. The Bertz CT molecular complexity index is 1390. The van der Waals surface area contributed by atoms with Gasteiger partial charge < -0.3 is 5.11 Å². The summed E-state index contributed by atoms with van der Waals surface area (Å²) in [6, 6.07) is 19.2. The van der Waals surface area contributed by atoms with Gasteiger partial charge in [0.2, 0.25) is 23.6 Å². The number of nitrogens with one attached hydrogen (secondary N) is 2. The van der Waals surface area contributed by atoms with Crippen LogP contribution in [0.4, 0.5) is 21.0 Å². The van der Waals surface area contributed by atoms with Gasteiger partial charge in [-0.25, -0.2) is 19.4 Å². The standard InChI is InChI=1S/C27H20N4O7/c32-18-14-8-7-13-17(18)19(20-22(33)28-26(37)30(24(20)35)15-9-3-1-4-10-15)21-23(34)29-27(38)31(25(21)36)16-11-5-2-6-12-16/h1-14,19-21,32H,(H,28,33,37)(H,29,34,38)/t20-,21-/m0/s1. The third kappa shape index (κ3) is 4.05. The largest absolute Gasteiger partial charge is 0.508 e. The third-order valence-corrected chi connectivity index (χ3v) is 6.45. The number of imide groups is 4. The average molecular weight is 512 g/mol.